The van der Waals surface area contributed by atoms with Crippen LogP contribution in [0, 0.1) is 18.3 Å². The van der Waals surface area contributed by atoms with Gasteiger partial charge in [0.05, 0.1) is 11.4 Å². The highest BCUT2D eigenvalue weighted by molar-refractivity contribution is 5.38. The Morgan fingerprint density at radius 1 is 1.29 bits per heavy atom. The molecule has 1 aromatic carbocycles. The van der Waals surface area contributed by atoms with E-state index in [1.807, 2.05) is 31.2 Å². The van der Waals surface area contributed by atoms with Gasteiger partial charge in [-0.25, -0.2) is 4.68 Å². The summed E-state index contributed by atoms with van der Waals surface area (Å²) in [7, 11) is 0. The van der Waals surface area contributed by atoms with Crippen molar-refractivity contribution in [2.24, 2.45) is 0 Å². The van der Waals surface area contributed by atoms with E-state index in [1.165, 1.54) is 5.56 Å². The summed E-state index contributed by atoms with van der Waals surface area (Å²) in [5.74, 6) is 0. The second-order valence-corrected chi connectivity index (χ2v) is 3.99. The van der Waals surface area contributed by atoms with E-state index in [1.54, 1.807) is 4.68 Å². The van der Waals surface area contributed by atoms with Crippen LogP contribution in [0.15, 0.2) is 24.3 Å². The van der Waals surface area contributed by atoms with Crippen molar-refractivity contribution in [1.82, 2.24) is 15.0 Å². The van der Waals surface area contributed by atoms with Gasteiger partial charge in [-0.2, -0.15) is 5.26 Å². The molecule has 17 heavy (non-hydrogen) atoms. The topological polar surface area (TPSA) is 54.5 Å². The van der Waals surface area contributed by atoms with Crippen LogP contribution in [0.5, 0.6) is 0 Å². The molecule has 1 heterocycles. The highest BCUT2D eigenvalue weighted by Crippen LogP contribution is 2.14. The summed E-state index contributed by atoms with van der Waals surface area (Å²) in [5.41, 5.74) is 3.46. The summed E-state index contributed by atoms with van der Waals surface area (Å²) in [4.78, 5) is 0. The molecule has 0 bridgehead atoms. The molecule has 2 aromatic rings. The molecule has 0 aliphatic heterocycles. The first-order chi connectivity index (χ1) is 8.26. The van der Waals surface area contributed by atoms with Gasteiger partial charge in [-0.05, 0) is 25.5 Å². The zero-order valence-electron chi connectivity index (χ0n) is 10.0. The molecule has 0 amide bonds. The summed E-state index contributed by atoms with van der Waals surface area (Å²) >= 11 is 0. The lowest BCUT2D eigenvalue weighted by Gasteiger charge is -2.05. The maximum atomic E-state index is 8.98. The van der Waals surface area contributed by atoms with E-state index in [-0.39, 0.29) is 0 Å². The smallest absolute Gasteiger partial charge is 0.186 e. The monoisotopic (exact) mass is 226 g/mol. The third kappa shape index (κ3) is 2.18. The fourth-order valence-corrected chi connectivity index (χ4v) is 1.74. The molecule has 0 spiro atoms. The first-order valence-electron chi connectivity index (χ1n) is 5.68. The average molecular weight is 226 g/mol. The van der Waals surface area contributed by atoms with Crippen LogP contribution in [0.1, 0.15) is 30.3 Å². The van der Waals surface area contributed by atoms with Crippen LogP contribution < -0.4 is 0 Å². The highest BCUT2D eigenvalue weighted by atomic mass is 15.4. The Bertz CT molecular complexity index is 546. The molecule has 0 N–H and O–H groups in total. The Morgan fingerprint density at radius 3 is 2.59 bits per heavy atom. The molecule has 0 saturated heterocycles. The first kappa shape index (κ1) is 11.3. The number of hydrogen-bond donors (Lipinski definition) is 0. The van der Waals surface area contributed by atoms with Gasteiger partial charge in [0, 0.05) is 0 Å². The van der Waals surface area contributed by atoms with E-state index < -0.39 is 0 Å². The second kappa shape index (κ2) is 4.79. The lowest BCUT2D eigenvalue weighted by molar-refractivity contribution is 0.745. The lowest BCUT2D eigenvalue weighted by Crippen LogP contribution is -2.03. The van der Waals surface area contributed by atoms with Crippen molar-refractivity contribution in [1.29, 1.82) is 5.26 Å². The van der Waals surface area contributed by atoms with Gasteiger partial charge in [0.1, 0.15) is 6.07 Å². The third-order valence-electron chi connectivity index (χ3n) is 2.63. The quantitative estimate of drug-likeness (QED) is 0.807. The SMILES string of the molecule is CCCc1c(C#N)nnn1-c1ccc(C)cc1. The Morgan fingerprint density at radius 2 is 2.00 bits per heavy atom. The molecule has 4 heteroatoms. The summed E-state index contributed by atoms with van der Waals surface area (Å²) in [5, 5.41) is 16.9. The maximum absolute atomic E-state index is 8.98. The standard InChI is InChI=1S/C13H14N4/c1-3-4-13-12(9-14)15-16-17(13)11-7-5-10(2)6-8-11/h5-8H,3-4H2,1-2H3. The number of benzene rings is 1. The van der Waals surface area contributed by atoms with Crippen LogP contribution in [-0.2, 0) is 6.42 Å². The van der Waals surface area contributed by atoms with Gasteiger partial charge in [-0.15, -0.1) is 5.10 Å². The summed E-state index contributed by atoms with van der Waals surface area (Å²) in [6, 6.07) is 10.1. The number of nitriles is 1. The number of aryl methyl sites for hydroxylation is 1. The third-order valence-corrected chi connectivity index (χ3v) is 2.63. The summed E-state index contributed by atoms with van der Waals surface area (Å²) in [6.07, 6.45) is 1.78. The van der Waals surface area contributed by atoms with Gasteiger partial charge in [-0.3, -0.25) is 0 Å². The largest absolute Gasteiger partial charge is 0.216 e. The van der Waals surface area contributed by atoms with Gasteiger partial charge >= 0.3 is 0 Å². The number of aromatic nitrogens is 3. The van der Waals surface area contributed by atoms with Crippen LogP contribution in [0.2, 0.25) is 0 Å². The van der Waals surface area contributed by atoms with E-state index in [4.69, 9.17) is 5.26 Å². The zero-order valence-corrected chi connectivity index (χ0v) is 10.0. The molecule has 86 valence electrons. The molecule has 0 radical (unpaired) electrons. The van der Waals surface area contributed by atoms with Gasteiger partial charge < -0.3 is 0 Å². The predicted octanol–water partition coefficient (Wildman–Crippen LogP) is 2.40. The van der Waals surface area contributed by atoms with Crippen LogP contribution in [0.3, 0.4) is 0 Å². The maximum Gasteiger partial charge on any atom is 0.186 e. The number of rotatable bonds is 3. The van der Waals surface area contributed by atoms with Crippen LogP contribution in [0.4, 0.5) is 0 Å². The van der Waals surface area contributed by atoms with Gasteiger partial charge in [0.25, 0.3) is 0 Å². The Hall–Kier alpha value is -2.15. The Labute approximate surface area is 101 Å². The minimum atomic E-state index is 0.424. The number of nitrogens with zero attached hydrogens (tertiary/aromatic N) is 4. The second-order valence-electron chi connectivity index (χ2n) is 3.99. The fraction of sp³-hybridized carbons (Fsp3) is 0.308. The minimum absolute atomic E-state index is 0.424. The van der Waals surface area contributed by atoms with E-state index in [0.717, 1.165) is 24.2 Å². The van der Waals surface area contributed by atoms with E-state index in [2.05, 4.69) is 23.3 Å². The summed E-state index contributed by atoms with van der Waals surface area (Å²) < 4.78 is 1.75. The molecule has 0 fully saturated rings. The molecule has 2 rings (SSSR count). The van der Waals surface area contributed by atoms with Crippen molar-refractivity contribution in [2.75, 3.05) is 0 Å². The van der Waals surface area contributed by atoms with Gasteiger partial charge in [0.15, 0.2) is 5.69 Å². The van der Waals surface area contributed by atoms with Gasteiger partial charge in [-0.1, -0.05) is 36.3 Å². The predicted molar refractivity (Wildman–Crippen MR) is 64.8 cm³/mol. The molecule has 4 nitrogen and oxygen atoms in total. The fourth-order valence-electron chi connectivity index (χ4n) is 1.74. The summed E-state index contributed by atoms with van der Waals surface area (Å²) in [6.45, 7) is 4.12. The Balaban J connectivity index is 2.48. The van der Waals surface area contributed by atoms with Crippen LogP contribution in [-0.4, -0.2) is 15.0 Å². The van der Waals surface area contributed by atoms with Crippen molar-refractivity contribution >= 4 is 0 Å². The number of hydrogen-bond acceptors (Lipinski definition) is 3. The van der Waals surface area contributed by atoms with E-state index in [9.17, 15) is 0 Å². The molecule has 0 saturated carbocycles. The Kier molecular flexibility index (Phi) is 3.20. The highest BCUT2D eigenvalue weighted by Gasteiger charge is 2.12. The minimum Gasteiger partial charge on any atom is -0.216 e. The first-order valence-corrected chi connectivity index (χ1v) is 5.68. The van der Waals surface area contributed by atoms with Crippen LogP contribution in [0.25, 0.3) is 5.69 Å². The molecule has 0 unspecified atom stereocenters. The molecule has 0 aliphatic carbocycles. The van der Waals surface area contributed by atoms with Crippen molar-refractivity contribution < 1.29 is 0 Å². The average Bonchev–Trinajstić information content (AvgIpc) is 2.74. The van der Waals surface area contributed by atoms with Crippen molar-refractivity contribution in [3.8, 4) is 11.8 Å². The molecular formula is C13H14N4. The lowest BCUT2D eigenvalue weighted by atomic mass is 10.2. The molecular weight excluding hydrogens is 212 g/mol. The molecule has 1 aromatic heterocycles. The van der Waals surface area contributed by atoms with E-state index >= 15 is 0 Å². The molecule has 0 atom stereocenters. The van der Waals surface area contributed by atoms with Crippen molar-refractivity contribution in [3.63, 3.8) is 0 Å². The normalized spacial score (nSPS) is 10.2. The van der Waals surface area contributed by atoms with Crippen LogP contribution >= 0.6 is 0 Å². The van der Waals surface area contributed by atoms with E-state index in [0.29, 0.717) is 5.69 Å². The molecule has 0 aliphatic rings. The van der Waals surface area contributed by atoms with Crippen molar-refractivity contribution in [3.05, 3.63) is 41.2 Å². The van der Waals surface area contributed by atoms with Crippen molar-refractivity contribution in [2.45, 2.75) is 26.7 Å². The zero-order chi connectivity index (χ0) is 12.3. The van der Waals surface area contributed by atoms with Gasteiger partial charge in [0.2, 0.25) is 0 Å².